The van der Waals surface area contributed by atoms with Gasteiger partial charge in [-0.3, -0.25) is 0 Å². The monoisotopic (exact) mass is 212 g/mol. The Hall–Kier alpha value is -1.22. The van der Waals surface area contributed by atoms with Crippen molar-refractivity contribution in [2.24, 2.45) is 0 Å². The van der Waals surface area contributed by atoms with Crippen LogP contribution in [0.5, 0.6) is 0 Å². The molecule has 0 fully saturated rings. The van der Waals surface area contributed by atoms with E-state index in [0.717, 1.165) is 5.56 Å². The van der Waals surface area contributed by atoms with Gasteiger partial charge in [0.1, 0.15) is 6.09 Å². The van der Waals surface area contributed by atoms with E-state index in [1.54, 1.807) is 18.2 Å². The average Bonchev–Trinajstić information content (AvgIpc) is 2.01. The number of carbonyl (C=O) groups is 1. The van der Waals surface area contributed by atoms with Crippen molar-refractivity contribution in [2.45, 2.75) is 19.8 Å². The van der Waals surface area contributed by atoms with Gasteiger partial charge >= 0.3 is 0 Å². The van der Waals surface area contributed by atoms with Crippen LogP contribution in [0.3, 0.4) is 0 Å². The van der Waals surface area contributed by atoms with Crippen LogP contribution in [0.1, 0.15) is 25.3 Å². The largest absolute Gasteiger partial charge is 0.530 e. The average molecular weight is 213 g/mol. The van der Waals surface area contributed by atoms with Gasteiger partial charge in [-0.1, -0.05) is 31.5 Å². The first-order chi connectivity index (χ1) is 6.52. The first-order valence-corrected chi connectivity index (χ1v) is 4.66. The highest BCUT2D eigenvalue weighted by Crippen LogP contribution is 2.31. The van der Waals surface area contributed by atoms with Gasteiger partial charge in [0.25, 0.3) is 0 Å². The molecule has 4 heteroatoms. The van der Waals surface area contributed by atoms with Crippen molar-refractivity contribution >= 4 is 23.4 Å². The fourth-order valence-electron chi connectivity index (χ4n) is 1.34. The molecule has 76 valence electrons. The molecule has 0 heterocycles. The summed E-state index contributed by atoms with van der Waals surface area (Å²) in [5.74, 6) is 0.158. The van der Waals surface area contributed by atoms with Crippen LogP contribution < -0.4 is 10.4 Å². The predicted molar refractivity (Wildman–Crippen MR) is 54.6 cm³/mol. The van der Waals surface area contributed by atoms with Gasteiger partial charge in [-0.05, 0) is 23.6 Å². The molecular weight excluding hydrogens is 202 g/mol. The lowest BCUT2D eigenvalue weighted by Crippen LogP contribution is -2.29. The maximum atomic E-state index is 10.4. The Kier molecular flexibility index (Phi) is 3.36. The van der Waals surface area contributed by atoms with E-state index in [1.165, 1.54) is 0 Å². The van der Waals surface area contributed by atoms with Crippen molar-refractivity contribution < 1.29 is 9.90 Å². The van der Waals surface area contributed by atoms with Crippen LogP contribution >= 0.6 is 11.6 Å². The molecule has 3 nitrogen and oxygen atoms in total. The number of anilines is 1. The van der Waals surface area contributed by atoms with Gasteiger partial charge in [-0.2, -0.15) is 0 Å². The Bertz CT molecular complexity index is 350. The van der Waals surface area contributed by atoms with Gasteiger partial charge in [0.2, 0.25) is 0 Å². The second kappa shape index (κ2) is 4.33. The second-order valence-electron chi connectivity index (χ2n) is 3.27. The van der Waals surface area contributed by atoms with E-state index in [0.29, 0.717) is 10.7 Å². The van der Waals surface area contributed by atoms with Crippen LogP contribution in [0.4, 0.5) is 10.5 Å². The number of carboxylic acid groups (broad SMARTS) is 1. The molecule has 0 unspecified atom stereocenters. The Balaban J connectivity index is 3.14. The minimum absolute atomic E-state index is 0.158. The summed E-state index contributed by atoms with van der Waals surface area (Å²) in [7, 11) is 0. The topological polar surface area (TPSA) is 52.2 Å². The maximum absolute atomic E-state index is 10.4. The molecule has 0 aliphatic carbocycles. The molecule has 14 heavy (non-hydrogen) atoms. The molecule has 1 rings (SSSR count). The lowest BCUT2D eigenvalue weighted by atomic mass is 10.0. The molecule has 0 saturated heterocycles. The van der Waals surface area contributed by atoms with Gasteiger partial charge in [0.15, 0.2) is 0 Å². The molecule has 1 amide bonds. The van der Waals surface area contributed by atoms with Crippen molar-refractivity contribution in [3.63, 3.8) is 0 Å². The van der Waals surface area contributed by atoms with E-state index in [2.05, 4.69) is 5.32 Å². The van der Waals surface area contributed by atoms with Gasteiger partial charge in [-0.15, -0.1) is 0 Å². The number of halogens is 1. The fraction of sp³-hybridized carbons (Fsp3) is 0.300. The lowest BCUT2D eigenvalue weighted by Gasteiger charge is -2.16. The second-order valence-corrected chi connectivity index (χ2v) is 3.68. The summed E-state index contributed by atoms with van der Waals surface area (Å²) in [6, 6.07) is 5.09. The summed E-state index contributed by atoms with van der Waals surface area (Å²) in [6.45, 7) is 3.89. The van der Waals surface area contributed by atoms with Gasteiger partial charge in [-0.25, -0.2) is 0 Å². The SMILES string of the molecule is CC(C)c1c(Cl)cccc1NC(=O)[O-]. The van der Waals surface area contributed by atoms with E-state index in [1.807, 2.05) is 13.8 Å². The van der Waals surface area contributed by atoms with Crippen LogP contribution in [0.15, 0.2) is 18.2 Å². The normalized spacial score (nSPS) is 10.3. The summed E-state index contributed by atoms with van der Waals surface area (Å²) in [5.41, 5.74) is 1.28. The number of amides is 1. The molecule has 1 aromatic carbocycles. The summed E-state index contributed by atoms with van der Waals surface area (Å²) in [6.07, 6.45) is -1.32. The van der Waals surface area contributed by atoms with E-state index < -0.39 is 6.09 Å². The molecule has 0 bridgehead atoms. The Morgan fingerprint density at radius 2 is 2.14 bits per heavy atom. The minimum Gasteiger partial charge on any atom is -0.530 e. The standard InChI is InChI=1S/C10H12ClNO2/c1-6(2)9-7(11)4-3-5-8(9)12-10(13)14/h3-6,12H,1-2H3,(H,13,14)/p-1. The van der Waals surface area contributed by atoms with Gasteiger partial charge in [0, 0.05) is 10.7 Å². The summed E-state index contributed by atoms with van der Waals surface area (Å²) < 4.78 is 0. The number of hydrogen-bond donors (Lipinski definition) is 1. The van der Waals surface area contributed by atoms with Crippen molar-refractivity contribution in [1.29, 1.82) is 0 Å². The maximum Gasteiger partial charge on any atom is 0.138 e. The Morgan fingerprint density at radius 3 is 2.64 bits per heavy atom. The van der Waals surface area contributed by atoms with Crippen molar-refractivity contribution in [3.8, 4) is 0 Å². The lowest BCUT2D eigenvalue weighted by molar-refractivity contribution is -0.242. The molecule has 0 spiro atoms. The van der Waals surface area contributed by atoms with Crippen LogP contribution in [0, 0.1) is 0 Å². The fourth-order valence-corrected chi connectivity index (χ4v) is 1.74. The molecule has 1 N–H and O–H groups in total. The third-order valence-corrected chi connectivity index (χ3v) is 2.20. The molecular formula is C10H11ClNO2-. The van der Waals surface area contributed by atoms with Gasteiger partial charge < -0.3 is 15.2 Å². The number of nitrogens with one attached hydrogen (secondary N) is 1. The Morgan fingerprint density at radius 1 is 1.50 bits per heavy atom. The van der Waals surface area contributed by atoms with Crippen molar-refractivity contribution in [2.75, 3.05) is 5.32 Å². The van der Waals surface area contributed by atoms with Crippen LogP contribution in [-0.2, 0) is 0 Å². The zero-order chi connectivity index (χ0) is 10.7. The molecule has 0 radical (unpaired) electrons. The molecule has 0 saturated carbocycles. The number of rotatable bonds is 2. The molecule has 1 aromatic rings. The predicted octanol–water partition coefficient (Wildman–Crippen LogP) is 2.22. The quantitative estimate of drug-likeness (QED) is 0.817. The van der Waals surface area contributed by atoms with Crippen LogP contribution in [-0.4, -0.2) is 6.09 Å². The molecule has 0 aliphatic rings. The van der Waals surface area contributed by atoms with E-state index in [9.17, 15) is 9.90 Å². The molecule has 0 aromatic heterocycles. The third kappa shape index (κ3) is 2.39. The minimum atomic E-state index is -1.32. The van der Waals surface area contributed by atoms with Crippen LogP contribution in [0.2, 0.25) is 5.02 Å². The van der Waals surface area contributed by atoms with Gasteiger partial charge in [0.05, 0.1) is 0 Å². The summed E-state index contributed by atoms with van der Waals surface area (Å²) >= 11 is 5.95. The summed E-state index contributed by atoms with van der Waals surface area (Å²) in [4.78, 5) is 10.4. The molecule has 0 atom stereocenters. The first-order valence-electron chi connectivity index (χ1n) is 4.28. The first kappa shape index (κ1) is 10.9. The zero-order valence-electron chi connectivity index (χ0n) is 8.00. The Labute approximate surface area is 87.7 Å². The van der Waals surface area contributed by atoms with E-state index >= 15 is 0 Å². The summed E-state index contributed by atoms with van der Waals surface area (Å²) in [5, 5.41) is 13.2. The number of hydrogen-bond acceptors (Lipinski definition) is 2. The van der Waals surface area contributed by atoms with E-state index in [4.69, 9.17) is 11.6 Å². The number of carbonyl (C=O) groups excluding carboxylic acids is 1. The van der Waals surface area contributed by atoms with E-state index in [-0.39, 0.29) is 5.92 Å². The third-order valence-electron chi connectivity index (χ3n) is 1.87. The zero-order valence-corrected chi connectivity index (χ0v) is 8.76. The smallest absolute Gasteiger partial charge is 0.138 e. The number of benzene rings is 1. The van der Waals surface area contributed by atoms with Crippen molar-refractivity contribution in [1.82, 2.24) is 0 Å². The molecule has 0 aliphatic heterocycles. The van der Waals surface area contributed by atoms with Crippen LogP contribution in [0.25, 0.3) is 0 Å². The highest BCUT2D eigenvalue weighted by molar-refractivity contribution is 6.31. The van der Waals surface area contributed by atoms with Crippen molar-refractivity contribution in [3.05, 3.63) is 28.8 Å². The highest BCUT2D eigenvalue weighted by Gasteiger charge is 2.10. The highest BCUT2D eigenvalue weighted by atomic mass is 35.5.